The average Bonchev–Trinajstić information content (AvgIpc) is 1.65. The van der Waals surface area contributed by atoms with Crippen LogP contribution in [0, 0.1) is 11.8 Å². The summed E-state index contributed by atoms with van der Waals surface area (Å²) in [5.41, 5.74) is 0. The van der Waals surface area contributed by atoms with Crippen LogP contribution in [0.2, 0.25) is 0 Å². The number of hydrogen-bond donors (Lipinski definition) is 0. The van der Waals surface area contributed by atoms with Crippen LogP contribution in [-0.4, -0.2) is 0 Å². The molecular weight excluding hydrogens is 120 g/mol. The van der Waals surface area contributed by atoms with Gasteiger partial charge in [-0.05, 0) is 18.3 Å². The summed E-state index contributed by atoms with van der Waals surface area (Å²) >= 11 is 0. The van der Waals surface area contributed by atoms with E-state index in [-0.39, 0.29) is 7.43 Å². The maximum atomic E-state index is 2.30. The molecule has 0 heteroatoms. The normalized spacial score (nSPS) is 20.3. The highest BCUT2D eigenvalue weighted by Crippen LogP contribution is 2.24. The van der Waals surface area contributed by atoms with Crippen molar-refractivity contribution in [1.29, 1.82) is 0 Å². The molecule has 1 aliphatic rings. The summed E-state index contributed by atoms with van der Waals surface area (Å²) in [7, 11) is 0. The van der Waals surface area contributed by atoms with Gasteiger partial charge in [0.1, 0.15) is 0 Å². The van der Waals surface area contributed by atoms with E-state index in [1.165, 1.54) is 6.42 Å². The molecule has 10 heavy (non-hydrogen) atoms. The van der Waals surface area contributed by atoms with E-state index < -0.39 is 0 Å². The molecule has 0 aromatic rings. The van der Waals surface area contributed by atoms with Crippen LogP contribution in [0.4, 0.5) is 0 Å². The zero-order valence-corrected chi connectivity index (χ0v) is 7.02. The molecule has 0 saturated heterocycles. The van der Waals surface area contributed by atoms with Gasteiger partial charge in [-0.3, -0.25) is 0 Å². The minimum atomic E-state index is 0. The first kappa shape index (κ1) is 12.4. The molecule has 0 aliphatic heterocycles. The van der Waals surface area contributed by atoms with Gasteiger partial charge in [0.2, 0.25) is 0 Å². The van der Waals surface area contributed by atoms with Crippen molar-refractivity contribution in [2.75, 3.05) is 0 Å². The lowest BCUT2D eigenvalue weighted by atomic mass is 9.85. The molecule has 62 valence electrons. The van der Waals surface area contributed by atoms with Gasteiger partial charge >= 0.3 is 0 Å². The van der Waals surface area contributed by atoms with Crippen LogP contribution in [0.5, 0.6) is 0 Å². The number of allylic oxidation sites excluding steroid dienone is 2. The van der Waals surface area contributed by atoms with Crippen molar-refractivity contribution in [2.24, 2.45) is 11.8 Å². The quantitative estimate of drug-likeness (QED) is 0.487. The summed E-state index contributed by atoms with van der Waals surface area (Å²) in [5, 5.41) is 0. The molecule has 1 aliphatic carbocycles. The van der Waals surface area contributed by atoms with Crippen molar-refractivity contribution in [3.8, 4) is 0 Å². The summed E-state index contributed by atoms with van der Waals surface area (Å²) < 4.78 is 0. The van der Waals surface area contributed by atoms with E-state index in [2.05, 4.69) is 26.0 Å². The smallest absolute Gasteiger partial charge is 0.0176 e. The first-order chi connectivity index (χ1) is 4.30. The molecule has 0 radical (unpaired) electrons. The van der Waals surface area contributed by atoms with Crippen LogP contribution in [0.1, 0.15) is 41.5 Å². The minimum Gasteiger partial charge on any atom is -0.0876 e. The highest BCUT2D eigenvalue weighted by atomic mass is 14.2. The molecular formula is C10H22. The van der Waals surface area contributed by atoms with Crippen molar-refractivity contribution >= 4 is 0 Å². The van der Waals surface area contributed by atoms with E-state index in [9.17, 15) is 0 Å². The van der Waals surface area contributed by atoms with E-state index in [1.807, 2.05) is 13.8 Å². The zero-order valence-electron chi connectivity index (χ0n) is 7.02. The molecule has 0 spiro atoms. The molecule has 0 aromatic carbocycles. The second kappa shape index (κ2) is 6.85. The Morgan fingerprint density at radius 3 is 1.70 bits per heavy atom. The molecule has 0 bridgehead atoms. The number of rotatable bonds is 1. The van der Waals surface area contributed by atoms with Crippen LogP contribution in [0.15, 0.2) is 12.2 Å². The Morgan fingerprint density at radius 1 is 1.30 bits per heavy atom. The van der Waals surface area contributed by atoms with Crippen molar-refractivity contribution in [2.45, 2.75) is 41.5 Å². The maximum Gasteiger partial charge on any atom is -0.0176 e. The van der Waals surface area contributed by atoms with Gasteiger partial charge in [0.05, 0.1) is 0 Å². The third-order valence-electron chi connectivity index (χ3n) is 1.65. The largest absolute Gasteiger partial charge is 0.0876 e. The Morgan fingerprint density at radius 2 is 1.70 bits per heavy atom. The predicted molar refractivity (Wildman–Crippen MR) is 50.2 cm³/mol. The van der Waals surface area contributed by atoms with Gasteiger partial charge in [0, 0.05) is 0 Å². The van der Waals surface area contributed by atoms with Crippen LogP contribution in [0.25, 0.3) is 0 Å². The molecule has 0 N–H and O–H groups in total. The van der Waals surface area contributed by atoms with Crippen LogP contribution >= 0.6 is 0 Å². The Labute approximate surface area is 66.3 Å². The molecule has 1 rings (SSSR count). The Kier molecular flexibility index (Phi) is 8.51. The molecule has 0 aromatic heterocycles. The number of hydrogen-bond acceptors (Lipinski definition) is 0. The van der Waals surface area contributed by atoms with Crippen LogP contribution in [-0.2, 0) is 0 Å². The topological polar surface area (TPSA) is 0 Å². The third-order valence-corrected chi connectivity index (χ3v) is 1.65. The molecule has 0 fully saturated rings. The SMILES string of the molecule is C.CC.CC(C)C1C=CC1. The highest BCUT2D eigenvalue weighted by Gasteiger charge is 2.12. The van der Waals surface area contributed by atoms with Gasteiger partial charge in [0.25, 0.3) is 0 Å². The van der Waals surface area contributed by atoms with Crippen molar-refractivity contribution in [1.82, 2.24) is 0 Å². The van der Waals surface area contributed by atoms with E-state index in [0.717, 1.165) is 11.8 Å². The maximum absolute atomic E-state index is 2.30. The van der Waals surface area contributed by atoms with Gasteiger partial charge in [-0.2, -0.15) is 0 Å². The van der Waals surface area contributed by atoms with Crippen LogP contribution in [0.3, 0.4) is 0 Å². The molecule has 1 atom stereocenters. The van der Waals surface area contributed by atoms with Gasteiger partial charge < -0.3 is 0 Å². The van der Waals surface area contributed by atoms with Crippen molar-refractivity contribution in [3.05, 3.63) is 12.2 Å². The van der Waals surface area contributed by atoms with Gasteiger partial charge in [-0.25, -0.2) is 0 Å². The first-order valence-electron chi connectivity index (χ1n) is 3.97. The zero-order chi connectivity index (χ0) is 7.28. The van der Waals surface area contributed by atoms with E-state index in [4.69, 9.17) is 0 Å². The van der Waals surface area contributed by atoms with E-state index in [0.29, 0.717) is 0 Å². The summed E-state index contributed by atoms with van der Waals surface area (Å²) in [5.74, 6) is 1.77. The fraction of sp³-hybridized carbons (Fsp3) is 0.800. The summed E-state index contributed by atoms with van der Waals surface area (Å²) in [6.45, 7) is 8.54. The third kappa shape index (κ3) is 3.71. The predicted octanol–water partition coefficient (Wildman–Crippen LogP) is 3.88. The summed E-state index contributed by atoms with van der Waals surface area (Å²) in [4.78, 5) is 0. The van der Waals surface area contributed by atoms with Crippen molar-refractivity contribution < 1.29 is 0 Å². The molecule has 0 saturated carbocycles. The summed E-state index contributed by atoms with van der Waals surface area (Å²) in [6, 6.07) is 0. The lowest BCUT2D eigenvalue weighted by Gasteiger charge is -2.20. The summed E-state index contributed by atoms with van der Waals surface area (Å²) in [6.07, 6.45) is 5.85. The average molecular weight is 142 g/mol. The van der Waals surface area contributed by atoms with Crippen molar-refractivity contribution in [3.63, 3.8) is 0 Å². The van der Waals surface area contributed by atoms with Gasteiger partial charge in [-0.1, -0.05) is 47.3 Å². The molecule has 0 nitrogen and oxygen atoms in total. The van der Waals surface area contributed by atoms with Gasteiger partial charge in [0.15, 0.2) is 0 Å². The first-order valence-corrected chi connectivity index (χ1v) is 3.97. The minimum absolute atomic E-state index is 0. The fourth-order valence-corrected chi connectivity index (χ4v) is 0.788. The second-order valence-electron chi connectivity index (χ2n) is 2.57. The second-order valence-corrected chi connectivity index (χ2v) is 2.57. The monoisotopic (exact) mass is 142 g/mol. The Bertz CT molecular complexity index is 80.0. The molecule has 0 amide bonds. The van der Waals surface area contributed by atoms with Crippen LogP contribution < -0.4 is 0 Å². The molecule has 0 heterocycles. The standard InChI is InChI=1S/C7H12.C2H6.CH4/c1-6(2)7-4-3-5-7;1-2;/h3-4,6-7H,5H2,1-2H3;1-2H3;1H4. The fourth-order valence-electron chi connectivity index (χ4n) is 0.788. The molecule has 1 unspecified atom stereocenters. The van der Waals surface area contributed by atoms with E-state index in [1.54, 1.807) is 0 Å². The van der Waals surface area contributed by atoms with Gasteiger partial charge in [-0.15, -0.1) is 0 Å². The highest BCUT2D eigenvalue weighted by molar-refractivity contribution is 5.02. The lowest BCUT2D eigenvalue weighted by molar-refractivity contribution is 0.440. The Hall–Kier alpha value is -0.260. The van der Waals surface area contributed by atoms with E-state index >= 15 is 0 Å². The lowest BCUT2D eigenvalue weighted by Crippen LogP contribution is -2.09. The Balaban J connectivity index is 0.